The van der Waals surface area contributed by atoms with Crippen LogP contribution in [0.4, 0.5) is 0 Å². The highest BCUT2D eigenvalue weighted by Crippen LogP contribution is 2.38. The molecule has 0 aliphatic heterocycles. The maximum absolute atomic E-state index is 11.8. The molecule has 0 saturated carbocycles. The third-order valence-electron chi connectivity index (χ3n) is 3.57. The Morgan fingerprint density at radius 3 is 2.20 bits per heavy atom. The van der Waals surface area contributed by atoms with E-state index < -0.39 is 11.9 Å². The van der Waals surface area contributed by atoms with E-state index in [1.807, 2.05) is 36.4 Å². The van der Waals surface area contributed by atoms with Crippen LogP contribution in [0.5, 0.6) is 0 Å². The van der Waals surface area contributed by atoms with Gasteiger partial charge in [0.15, 0.2) is 0 Å². The summed E-state index contributed by atoms with van der Waals surface area (Å²) in [4.78, 5) is 15.9. The van der Waals surface area contributed by atoms with Crippen LogP contribution in [-0.4, -0.2) is 16.1 Å². The average Bonchev–Trinajstić information content (AvgIpc) is 2.45. The van der Waals surface area contributed by atoms with Crippen LogP contribution in [0.15, 0.2) is 54.9 Å². The standard InChI is InChI=1S/C17H19NO2/c1-12(2)15(13-7-4-3-5-8-13)16(17(19)20)14-9-6-10-18-11-14/h3-12,15-16H,1-2H3,(H,19,20). The van der Waals surface area contributed by atoms with Crippen molar-refractivity contribution in [3.63, 3.8) is 0 Å². The Hall–Kier alpha value is -2.16. The van der Waals surface area contributed by atoms with E-state index >= 15 is 0 Å². The molecule has 20 heavy (non-hydrogen) atoms. The summed E-state index contributed by atoms with van der Waals surface area (Å²) in [6, 6.07) is 13.5. The average molecular weight is 269 g/mol. The molecule has 0 aliphatic carbocycles. The molecule has 0 fully saturated rings. The molecule has 104 valence electrons. The van der Waals surface area contributed by atoms with Crippen LogP contribution in [0.2, 0.25) is 0 Å². The van der Waals surface area contributed by atoms with E-state index in [0.29, 0.717) is 0 Å². The lowest BCUT2D eigenvalue weighted by atomic mass is 9.75. The largest absolute Gasteiger partial charge is 0.481 e. The second-order valence-electron chi connectivity index (χ2n) is 5.28. The maximum atomic E-state index is 11.8. The Morgan fingerprint density at radius 2 is 1.70 bits per heavy atom. The molecule has 0 amide bonds. The van der Waals surface area contributed by atoms with Gasteiger partial charge in [0.1, 0.15) is 0 Å². The smallest absolute Gasteiger partial charge is 0.311 e. The van der Waals surface area contributed by atoms with Gasteiger partial charge in [-0.2, -0.15) is 0 Å². The van der Waals surface area contributed by atoms with E-state index in [9.17, 15) is 9.90 Å². The normalized spacial score (nSPS) is 13.9. The maximum Gasteiger partial charge on any atom is 0.311 e. The van der Waals surface area contributed by atoms with Crippen molar-refractivity contribution in [3.05, 3.63) is 66.0 Å². The molecule has 1 heterocycles. The fourth-order valence-electron chi connectivity index (χ4n) is 2.70. The van der Waals surface area contributed by atoms with E-state index in [4.69, 9.17) is 0 Å². The van der Waals surface area contributed by atoms with Gasteiger partial charge in [0, 0.05) is 18.3 Å². The molecule has 0 radical (unpaired) electrons. The minimum absolute atomic E-state index is 0.0714. The van der Waals surface area contributed by atoms with Gasteiger partial charge in [-0.25, -0.2) is 0 Å². The topological polar surface area (TPSA) is 50.2 Å². The first-order chi connectivity index (χ1) is 9.61. The van der Waals surface area contributed by atoms with Crippen LogP contribution in [-0.2, 0) is 4.79 Å². The third kappa shape index (κ3) is 3.05. The zero-order valence-electron chi connectivity index (χ0n) is 11.7. The predicted molar refractivity (Wildman–Crippen MR) is 78.6 cm³/mol. The molecule has 3 heteroatoms. The van der Waals surface area contributed by atoms with Gasteiger partial charge in [0.05, 0.1) is 5.92 Å². The van der Waals surface area contributed by atoms with E-state index in [2.05, 4.69) is 18.8 Å². The first-order valence-corrected chi connectivity index (χ1v) is 6.79. The Balaban J connectivity index is 2.47. The second kappa shape index (κ2) is 6.33. The predicted octanol–water partition coefficient (Wildman–Crippen LogP) is 3.69. The van der Waals surface area contributed by atoms with Gasteiger partial charge in [-0.15, -0.1) is 0 Å². The summed E-state index contributed by atoms with van der Waals surface area (Å²) in [6.45, 7) is 4.12. The fraction of sp³-hybridized carbons (Fsp3) is 0.294. The quantitative estimate of drug-likeness (QED) is 0.900. The van der Waals surface area contributed by atoms with Crippen LogP contribution < -0.4 is 0 Å². The van der Waals surface area contributed by atoms with Gasteiger partial charge < -0.3 is 5.11 Å². The lowest BCUT2D eigenvalue weighted by Gasteiger charge is -2.28. The van der Waals surface area contributed by atoms with Crippen molar-refractivity contribution in [2.75, 3.05) is 0 Å². The minimum atomic E-state index is -0.805. The van der Waals surface area contributed by atoms with E-state index in [0.717, 1.165) is 11.1 Å². The van der Waals surface area contributed by atoms with Crippen LogP contribution in [0.3, 0.4) is 0 Å². The van der Waals surface area contributed by atoms with Crippen molar-refractivity contribution >= 4 is 5.97 Å². The van der Waals surface area contributed by atoms with Crippen molar-refractivity contribution in [1.82, 2.24) is 4.98 Å². The Labute approximate surface area is 119 Å². The van der Waals surface area contributed by atoms with Gasteiger partial charge in [-0.1, -0.05) is 50.2 Å². The summed E-state index contributed by atoms with van der Waals surface area (Å²) in [7, 11) is 0. The molecule has 0 spiro atoms. The zero-order chi connectivity index (χ0) is 14.5. The van der Waals surface area contributed by atoms with Gasteiger partial charge in [-0.3, -0.25) is 9.78 Å². The number of pyridine rings is 1. The highest BCUT2D eigenvalue weighted by atomic mass is 16.4. The first-order valence-electron chi connectivity index (χ1n) is 6.79. The number of carboxylic acid groups (broad SMARTS) is 1. The molecular weight excluding hydrogens is 250 g/mol. The van der Waals surface area contributed by atoms with Crippen LogP contribution in [0.1, 0.15) is 36.8 Å². The SMILES string of the molecule is CC(C)C(c1ccccc1)C(C(=O)O)c1cccnc1. The number of benzene rings is 1. The van der Waals surface area contributed by atoms with Gasteiger partial charge >= 0.3 is 5.97 Å². The van der Waals surface area contributed by atoms with Crippen LogP contribution in [0.25, 0.3) is 0 Å². The second-order valence-corrected chi connectivity index (χ2v) is 5.28. The van der Waals surface area contributed by atoms with Crippen LogP contribution >= 0.6 is 0 Å². The van der Waals surface area contributed by atoms with E-state index in [-0.39, 0.29) is 11.8 Å². The molecule has 0 bridgehead atoms. The van der Waals surface area contributed by atoms with E-state index in [1.165, 1.54) is 0 Å². The number of hydrogen-bond donors (Lipinski definition) is 1. The number of hydrogen-bond acceptors (Lipinski definition) is 2. The Kier molecular flexibility index (Phi) is 4.51. The minimum Gasteiger partial charge on any atom is -0.481 e. The molecular formula is C17H19NO2. The number of carbonyl (C=O) groups is 1. The number of aliphatic carboxylic acids is 1. The molecule has 3 nitrogen and oxygen atoms in total. The number of carboxylic acids is 1. The first kappa shape index (κ1) is 14.3. The molecule has 2 unspecified atom stereocenters. The van der Waals surface area contributed by atoms with Crippen LogP contribution in [0, 0.1) is 5.92 Å². The third-order valence-corrected chi connectivity index (χ3v) is 3.57. The van der Waals surface area contributed by atoms with E-state index in [1.54, 1.807) is 18.5 Å². The highest BCUT2D eigenvalue weighted by Gasteiger charge is 2.33. The number of aromatic nitrogens is 1. The fourth-order valence-corrected chi connectivity index (χ4v) is 2.70. The summed E-state index contributed by atoms with van der Waals surface area (Å²) in [6.07, 6.45) is 3.31. The number of rotatable bonds is 5. The van der Waals surface area contributed by atoms with Crippen molar-refractivity contribution in [2.24, 2.45) is 5.92 Å². The summed E-state index contributed by atoms with van der Waals surface area (Å²) < 4.78 is 0. The Morgan fingerprint density at radius 1 is 1.05 bits per heavy atom. The lowest BCUT2D eigenvalue weighted by molar-refractivity contribution is -0.139. The lowest BCUT2D eigenvalue weighted by Crippen LogP contribution is -2.24. The molecule has 1 aromatic heterocycles. The summed E-state index contributed by atoms with van der Waals surface area (Å²) in [5.74, 6) is -1.23. The van der Waals surface area contributed by atoms with Gasteiger partial charge in [0.2, 0.25) is 0 Å². The molecule has 2 rings (SSSR count). The molecule has 1 N–H and O–H groups in total. The van der Waals surface area contributed by atoms with Crippen molar-refractivity contribution in [1.29, 1.82) is 0 Å². The molecule has 0 aliphatic rings. The summed E-state index contributed by atoms with van der Waals surface area (Å²) in [5, 5.41) is 9.68. The number of nitrogens with zero attached hydrogens (tertiary/aromatic N) is 1. The monoisotopic (exact) mass is 269 g/mol. The molecule has 0 saturated heterocycles. The summed E-state index contributed by atoms with van der Waals surface area (Å²) in [5.41, 5.74) is 1.81. The van der Waals surface area contributed by atoms with Crippen molar-refractivity contribution < 1.29 is 9.90 Å². The molecule has 2 aromatic rings. The van der Waals surface area contributed by atoms with Crippen molar-refractivity contribution in [3.8, 4) is 0 Å². The molecule has 1 aromatic carbocycles. The van der Waals surface area contributed by atoms with Gasteiger partial charge in [0.25, 0.3) is 0 Å². The highest BCUT2D eigenvalue weighted by molar-refractivity contribution is 5.77. The Bertz CT molecular complexity index is 552. The summed E-state index contributed by atoms with van der Waals surface area (Å²) >= 11 is 0. The zero-order valence-corrected chi connectivity index (χ0v) is 11.7. The van der Waals surface area contributed by atoms with Crippen molar-refractivity contribution in [2.45, 2.75) is 25.7 Å². The van der Waals surface area contributed by atoms with Gasteiger partial charge in [-0.05, 0) is 23.1 Å². The molecule has 2 atom stereocenters.